The summed E-state index contributed by atoms with van der Waals surface area (Å²) < 4.78 is 7.66. The van der Waals surface area contributed by atoms with Gasteiger partial charge in [0, 0.05) is 24.0 Å². The number of rotatable bonds is 6. The average molecular weight is 282 g/mol. The molecule has 3 aromatic rings. The van der Waals surface area contributed by atoms with Gasteiger partial charge in [-0.1, -0.05) is 30.3 Å². The van der Waals surface area contributed by atoms with Crippen molar-refractivity contribution < 1.29 is 4.42 Å². The van der Waals surface area contributed by atoms with Crippen LogP contribution in [-0.4, -0.2) is 20.8 Å². The second-order valence-electron chi connectivity index (χ2n) is 4.99. The summed E-state index contributed by atoms with van der Waals surface area (Å²) in [5.41, 5.74) is 1.04. The van der Waals surface area contributed by atoms with Crippen LogP contribution in [0.25, 0.3) is 11.3 Å². The fourth-order valence-electron chi connectivity index (χ4n) is 2.14. The zero-order valence-electron chi connectivity index (χ0n) is 11.9. The molecule has 2 aromatic heterocycles. The Morgan fingerprint density at radius 1 is 1.24 bits per heavy atom. The van der Waals surface area contributed by atoms with E-state index >= 15 is 0 Å². The number of nitrogens with one attached hydrogen (secondary N) is 1. The maximum Gasteiger partial charge on any atom is 0.208 e. The highest BCUT2D eigenvalue weighted by atomic mass is 16.4. The molecule has 0 radical (unpaired) electrons. The minimum Gasteiger partial charge on any atom is -0.439 e. The largest absolute Gasteiger partial charge is 0.439 e. The van der Waals surface area contributed by atoms with Crippen molar-refractivity contribution >= 4 is 0 Å². The molecule has 5 nitrogen and oxygen atoms in total. The van der Waals surface area contributed by atoms with Crippen LogP contribution >= 0.6 is 0 Å². The Bertz CT molecular complexity index is 661. The van der Waals surface area contributed by atoms with Gasteiger partial charge in [0.25, 0.3) is 0 Å². The van der Waals surface area contributed by atoms with E-state index in [1.807, 2.05) is 47.3 Å². The lowest BCUT2D eigenvalue weighted by molar-refractivity contribution is 0.411. The summed E-state index contributed by atoms with van der Waals surface area (Å²) in [6.45, 7) is 3.54. The van der Waals surface area contributed by atoms with Gasteiger partial charge in [-0.25, -0.2) is 4.98 Å². The maximum absolute atomic E-state index is 5.76. The Balaban J connectivity index is 1.55. The van der Waals surface area contributed by atoms with Crippen molar-refractivity contribution in [3.05, 3.63) is 60.9 Å². The molecule has 1 atom stereocenters. The van der Waals surface area contributed by atoms with Crippen LogP contribution in [0.4, 0.5) is 0 Å². The summed E-state index contributed by atoms with van der Waals surface area (Å²) in [4.78, 5) is 4.31. The number of aromatic nitrogens is 3. The molecule has 0 aliphatic heterocycles. The standard InChI is InChI=1S/C16H18N4O/c1-13(12-20-9-5-8-19-20)17-11-16-18-10-15(21-16)14-6-3-2-4-7-14/h2-10,13,17H,11-12H2,1H3/t13-/m1/s1. The number of oxazole rings is 1. The molecule has 0 aliphatic rings. The number of hydrogen-bond acceptors (Lipinski definition) is 4. The Labute approximate surface area is 123 Å². The van der Waals surface area contributed by atoms with Gasteiger partial charge in [0.05, 0.1) is 19.3 Å². The quantitative estimate of drug-likeness (QED) is 0.755. The van der Waals surface area contributed by atoms with E-state index < -0.39 is 0 Å². The highest BCUT2D eigenvalue weighted by molar-refractivity contribution is 5.55. The smallest absolute Gasteiger partial charge is 0.208 e. The van der Waals surface area contributed by atoms with E-state index in [1.54, 1.807) is 12.4 Å². The zero-order chi connectivity index (χ0) is 14.5. The molecule has 5 heteroatoms. The van der Waals surface area contributed by atoms with Crippen LogP contribution in [-0.2, 0) is 13.1 Å². The van der Waals surface area contributed by atoms with Crippen molar-refractivity contribution in [1.29, 1.82) is 0 Å². The summed E-state index contributed by atoms with van der Waals surface area (Å²) in [6.07, 6.45) is 5.51. The minimum absolute atomic E-state index is 0.289. The molecular weight excluding hydrogens is 264 g/mol. The third kappa shape index (κ3) is 3.58. The summed E-state index contributed by atoms with van der Waals surface area (Å²) in [5.74, 6) is 1.49. The van der Waals surface area contributed by atoms with Crippen molar-refractivity contribution in [3.63, 3.8) is 0 Å². The van der Waals surface area contributed by atoms with Crippen molar-refractivity contribution in [2.75, 3.05) is 0 Å². The van der Waals surface area contributed by atoms with Crippen molar-refractivity contribution in [1.82, 2.24) is 20.1 Å². The van der Waals surface area contributed by atoms with Crippen LogP contribution in [0, 0.1) is 0 Å². The molecule has 1 N–H and O–H groups in total. The predicted molar refractivity (Wildman–Crippen MR) is 80.5 cm³/mol. The Kier molecular flexibility index (Phi) is 4.12. The van der Waals surface area contributed by atoms with Crippen LogP contribution in [0.5, 0.6) is 0 Å². The molecule has 0 saturated carbocycles. The van der Waals surface area contributed by atoms with E-state index in [0.29, 0.717) is 12.4 Å². The van der Waals surface area contributed by atoms with Crippen LogP contribution in [0.2, 0.25) is 0 Å². The third-order valence-corrected chi connectivity index (χ3v) is 3.23. The highest BCUT2D eigenvalue weighted by Gasteiger charge is 2.08. The molecular formula is C16H18N4O. The lowest BCUT2D eigenvalue weighted by Crippen LogP contribution is -2.30. The number of nitrogens with zero attached hydrogens (tertiary/aromatic N) is 3. The molecule has 0 aliphatic carbocycles. The molecule has 108 valence electrons. The molecule has 0 fully saturated rings. The normalized spacial score (nSPS) is 12.4. The average Bonchev–Trinajstić information content (AvgIpc) is 3.17. The van der Waals surface area contributed by atoms with Crippen LogP contribution in [0.1, 0.15) is 12.8 Å². The van der Waals surface area contributed by atoms with E-state index in [0.717, 1.165) is 17.9 Å². The van der Waals surface area contributed by atoms with Gasteiger partial charge in [-0.05, 0) is 13.0 Å². The van der Waals surface area contributed by atoms with Gasteiger partial charge in [0.1, 0.15) is 0 Å². The molecule has 2 heterocycles. The first kappa shape index (κ1) is 13.6. The van der Waals surface area contributed by atoms with E-state index in [1.165, 1.54) is 0 Å². The Hall–Kier alpha value is -2.40. The SMILES string of the molecule is C[C@H](Cn1cccn1)NCc1ncc(-c2ccccc2)o1. The van der Waals surface area contributed by atoms with Gasteiger partial charge in [-0.2, -0.15) is 5.10 Å². The Morgan fingerprint density at radius 2 is 2.10 bits per heavy atom. The highest BCUT2D eigenvalue weighted by Crippen LogP contribution is 2.19. The lowest BCUT2D eigenvalue weighted by atomic mass is 10.2. The first-order valence-corrected chi connectivity index (χ1v) is 7.02. The predicted octanol–water partition coefficient (Wildman–Crippen LogP) is 2.72. The maximum atomic E-state index is 5.76. The van der Waals surface area contributed by atoms with Gasteiger partial charge in [0.2, 0.25) is 5.89 Å². The van der Waals surface area contributed by atoms with Gasteiger partial charge in [-0.15, -0.1) is 0 Å². The molecule has 0 bridgehead atoms. The van der Waals surface area contributed by atoms with Gasteiger partial charge >= 0.3 is 0 Å². The van der Waals surface area contributed by atoms with Crippen molar-refractivity contribution in [3.8, 4) is 11.3 Å². The summed E-state index contributed by atoms with van der Waals surface area (Å²) >= 11 is 0. The fraction of sp³-hybridized carbons (Fsp3) is 0.250. The molecule has 0 saturated heterocycles. The van der Waals surface area contributed by atoms with E-state index in [4.69, 9.17) is 4.42 Å². The molecule has 3 rings (SSSR count). The fourth-order valence-corrected chi connectivity index (χ4v) is 2.14. The third-order valence-electron chi connectivity index (χ3n) is 3.23. The molecule has 21 heavy (non-hydrogen) atoms. The van der Waals surface area contributed by atoms with E-state index in [9.17, 15) is 0 Å². The van der Waals surface area contributed by atoms with Crippen LogP contribution in [0.15, 0.2) is 59.4 Å². The molecule has 0 unspecified atom stereocenters. The monoisotopic (exact) mass is 282 g/mol. The zero-order valence-corrected chi connectivity index (χ0v) is 11.9. The molecule has 0 amide bonds. The summed E-state index contributed by atoms with van der Waals surface area (Å²) in [6, 6.07) is 12.2. The summed E-state index contributed by atoms with van der Waals surface area (Å²) in [7, 11) is 0. The van der Waals surface area contributed by atoms with Crippen molar-refractivity contribution in [2.45, 2.75) is 26.1 Å². The van der Waals surface area contributed by atoms with Gasteiger partial charge in [-0.3, -0.25) is 4.68 Å². The first-order valence-electron chi connectivity index (χ1n) is 7.02. The second kappa shape index (κ2) is 6.37. The molecule has 0 spiro atoms. The van der Waals surface area contributed by atoms with Gasteiger partial charge < -0.3 is 9.73 Å². The minimum atomic E-state index is 0.289. The first-order chi connectivity index (χ1) is 10.3. The van der Waals surface area contributed by atoms with Crippen LogP contribution in [0.3, 0.4) is 0 Å². The second-order valence-corrected chi connectivity index (χ2v) is 4.99. The Morgan fingerprint density at radius 3 is 2.86 bits per heavy atom. The topological polar surface area (TPSA) is 55.9 Å². The van der Waals surface area contributed by atoms with Gasteiger partial charge in [0.15, 0.2) is 5.76 Å². The van der Waals surface area contributed by atoms with Crippen molar-refractivity contribution in [2.24, 2.45) is 0 Å². The number of benzene rings is 1. The van der Waals surface area contributed by atoms with E-state index in [2.05, 4.69) is 22.3 Å². The lowest BCUT2D eigenvalue weighted by Gasteiger charge is -2.12. The van der Waals surface area contributed by atoms with Crippen LogP contribution < -0.4 is 5.32 Å². The number of hydrogen-bond donors (Lipinski definition) is 1. The summed E-state index contributed by atoms with van der Waals surface area (Å²) in [5, 5.41) is 7.58. The molecule has 1 aromatic carbocycles. The van der Waals surface area contributed by atoms with E-state index in [-0.39, 0.29) is 6.04 Å².